The summed E-state index contributed by atoms with van der Waals surface area (Å²) in [4.78, 5) is 25.1. The van der Waals surface area contributed by atoms with Crippen LogP contribution in [0.25, 0.3) is 0 Å². The summed E-state index contributed by atoms with van der Waals surface area (Å²) in [6.07, 6.45) is 1.88. The molecule has 3 aromatic rings. The maximum Gasteiger partial charge on any atom is 0.291 e. The molecule has 2 aromatic carbocycles. The molecule has 0 unspecified atom stereocenters. The predicted molar refractivity (Wildman–Crippen MR) is 104 cm³/mol. The molecule has 26 heavy (non-hydrogen) atoms. The molecule has 5 nitrogen and oxygen atoms in total. The van der Waals surface area contributed by atoms with E-state index in [4.69, 9.17) is 4.42 Å². The first-order valence-electron chi connectivity index (χ1n) is 8.13. The highest BCUT2D eigenvalue weighted by Gasteiger charge is 2.09. The molecule has 2 amide bonds. The third kappa shape index (κ3) is 5.26. The number of furan rings is 1. The normalized spacial score (nSPS) is 10.3. The van der Waals surface area contributed by atoms with Crippen molar-refractivity contribution in [2.45, 2.75) is 11.3 Å². The topological polar surface area (TPSA) is 71.3 Å². The lowest BCUT2D eigenvalue weighted by molar-refractivity contribution is -0.115. The lowest BCUT2D eigenvalue weighted by Gasteiger charge is -2.07. The van der Waals surface area contributed by atoms with Gasteiger partial charge in [0.25, 0.3) is 5.91 Å². The minimum atomic E-state index is -0.315. The van der Waals surface area contributed by atoms with Crippen LogP contribution in [0.5, 0.6) is 0 Å². The van der Waals surface area contributed by atoms with E-state index in [-0.39, 0.29) is 17.6 Å². The van der Waals surface area contributed by atoms with Crippen molar-refractivity contribution in [1.29, 1.82) is 0 Å². The molecule has 0 fully saturated rings. The van der Waals surface area contributed by atoms with Gasteiger partial charge < -0.3 is 15.1 Å². The second kappa shape index (κ2) is 8.92. The fourth-order valence-electron chi connectivity index (χ4n) is 2.24. The van der Waals surface area contributed by atoms with Gasteiger partial charge in [-0.2, -0.15) is 0 Å². The summed E-state index contributed by atoms with van der Waals surface area (Å²) >= 11 is 1.65. The van der Waals surface area contributed by atoms with Gasteiger partial charge >= 0.3 is 0 Å². The average molecular weight is 366 g/mol. The van der Waals surface area contributed by atoms with Gasteiger partial charge in [0.1, 0.15) is 0 Å². The summed E-state index contributed by atoms with van der Waals surface area (Å²) in [7, 11) is 0. The van der Waals surface area contributed by atoms with Gasteiger partial charge in [-0.25, -0.2) is 0 Å². The van der Waals surface area contributed by atoms with E-state index in [1.807, 2.05) is 30.3 Å². The summed E-state index contributed by atoms with van der Waals surface area (Å²) in [5.41, 5.74) is 1.32. The zero-order chi connectivity index (χ0) is 18.2. The molecule has 0 radical (unpaired) electrons. The van der Waals surface area contributed by atoms with E-state index in [0.29, 0.717) is 23.5 Å². The first-order chi connectivity index (χ1) is 12.7. The highest BCUT2D eigenvalue weighted by atomic mass is 32.2. The van der Waals surface area contributed by atoms with E-state index in [1.54, 1.807) is 48.2 Å². The predicted octanol–water partition coefficient (Wildman–Crippen LogP) is 4.65. The minimum absolute atomic E-state index is 0.0409. The van der Waals surface area contributed by atoms with Crippen LogP contribution in [-0.2, 0) is 4.79 Å². The molecule has 0 saturated heterocycles. The van der Waals surface area contributed by atoms with Crippen LogP contribution in [0.1, 0.15) is 17.0 Å². The van der Waals surface area contributed by atoms with Gasteiger partial charge in [0, 0.05) is 28.4 Å². The maximum absolute atomic E-state index is 12.0. The smallest absolute Gasteiger partial charge is 0.291 e. The number of hydrogen-bond acceptors (Lipinski definition) is 4. The van der Waals surface area contributed by atoms with Crippen LogP contribution in [0.15, 0.2) is 82.3 Å². The van der Waals surface area contributed by atoms with Crippen molar-refractivity contribution in [3.63, 3.8) is 0 Å². The van der Waals surface area contributed by atoms with E-state index < -0.39 is 0 Å². The van der Waals surface area contributed by atoms with Crippen molar-refractivity contribution in [2.75, 3.05) is 16.4 Å². The quantitative estimate of drug-likeness (QED) is 0.597. The molecule has 0 aliphatic rings. The Morgan fingerprint density at radius 3 is 2.19 bits per heavy atom. The molecular formula is C20H18N2O3S. The molecule has 1 aromatic heterocycles. The fraction of sp³-hybridized carbons (Fsp3) is 0.100. The third-order valence-corrected chi connectivity index (χ3v) is 4.53. The lowest BCUT2D eigenvalue weighted by Crippen LogP contribution is -2.13. The number of benzene rings is 2. The minimum Gasteiger partial charge on any atom is -0.459 e. The Kier molecular flexibility index (Phi) is 6.11. The number of carbonyl (C=O) groups is 2. The van der Waals surface area contributed by atoms with E-state index in [2.05, 4.69) is 10.6 Å². The van der Waals surface area contributed by atoms with Crippen molar-refractivity contribution in [3.8, 4) is 0 Å². The zero-order valence-corrected chi connectivity index (χ0v) is 14.8. The van der Waals surface area contributed by atoms with Gasteiger partial charge in [-0.3, -0.25) is 9.59 Å². The summed E-state index contributed by atoms with van der Waals surface area (Å²) in [5, 5.41) is 5.58. The summed E-state index contributed by atoms with van der Waals surface area (Å²) in [6, 6.07) is 20.2. The van der Waals surface area contributed by atoms with Crippen molar-refractivity contribution in [2.24, 2.45) is 0 Å². The molecule has 132 valence electrons. The molecule has 0 spiro atoms. The number of anilines is 2. The van der Waals surface area contributed by atoms with E-state index in [1.165, 1.54) is 6.26 Å². The largest absolute Gasteiger partial charge is 0.459 e. The number of nitrogens with one attached hydrogen (secondary N) is 2. The number of thioether (sulfide) groups is 1. The Labute approximate surface area is 155 Å². The first-order valence-corrected chi connectivity index (χ1v) is 9.12. The van der Waals surface area contributed by atoms with Gasteiger partial charge in [0.2, 0.25) is 5.91 Å². The van der Waals surface area contributed by atoms with Gasteiger partial charge in [-0.15, -0.1) is 11.8 Å². The molecule has 0 aliphatic carbocycles. The fourth-order valence-corrected chi connectivity index (χ4v) is 3.11. The molecule has 0 bridgehead atoms. The van der Waals surface area contributed by atoms with Crippen LogP contribution in [0, 0.1) is 0 Å². The van der Waals surface area contributed by atoms with Gasteiger partial charge in [-0.05, 0) is 48.5 Å². The van der Waals surface area contributed by atoms with Gasteiger partial charge in [-0.1, -0.05) is 18.2 Å². The van der Waals surface area contributed by atoms with Crippen LogP contribution >= 0.6 is 11.8 Å². The number of rotatable bonds is 7. The van der Waals surface area contributed by atoms with Crippen LogP contribution in [-0.4, -0.2) is 17.6 Å². The van der Waals surface area contributed by atoms with Crippen LogP contribution in [0.2, 0.25) is 0 Å². The van der Waals surface area contributed by atoms with Crippen molar-refractivity contribution >= 4 is 35.0 Å². The SMILES string of the molecule is O=C(CCSc1ccccc1)Nc1ccc(NC(=O)c2ccco2)cc1. The van der Waals surface area contributed by atoms with E-state index in [9.17, 15) is 9.59 Å². The Morgan fingerprint density at radius 2 is 1.54 bits per heavy atom. The second-order valence-electron chi connectivity index (χ2n) is 5.47. The lowest BCUT2D eigenvalue weighted by atomic mass is 10.2. The molecule has 3 rings (SSSR count). The van der Waals surface area contributed by atoms with Crippen LogP contribution < -0.4 is 10.6 Å². The van der Waals surface area contributed by atoms with Crippen molar-refractivity contribution in [3.05, 3.63) is 78.8 Å². The number of hydrogen-bond donors (Lipinski definition) is 2. The Balaban J connectivity index is 1.44. The highest BCUT2D eigenvalue weighted by molar-refractivity contribution is 7.99. The van der Waals surface area contributed by atoms with Gasteiger partial charge in [0.05, 0.1) is 6.26 Å². The molecular weight excluding hydrogens is 348 g/mol. The Morgan fingerprint density at radius 1 is 0.846 bits per heavy atom. The number of amides is 2. The molecule has 1 heterocycles. The van der Waals surface area contributed by atoms with Crippen LogP contribution in [0.3, 0.4) is 0 Å². The zero-order valence-electron chi connectivity index (χ0n) is 14.0. The van der Waals surface area contributed by atoms with Crippen molar-refractivity contribution < 1.29 is 14.0 Å². The first kappa shape index (κ1) is 17.8. The van der Waals surface area contributed by atoms with Gasteiger partial charge in [0.15, 0.2) is 5.76 Å². The molecule has 6 heteroatoms. The Bertz CT molecular complexity index is 847. The van der Waals surface area contributed by atoms with Crippen LogP contribution in [0.4, 0.5) is 11.4 Å². The highest BCUT2D eigenvalue weighted by Crippen LogP contribution is 2.19. The molecule has 0 atom stereocenters. The average Bonchev–Trinajstić information content (AvgIpc) is 3.19. The van der Waals surface area contributed by atoms with E-state index in [0.717, 1.165) is 4.90 Å². The summed E-state index contributed by atoms with van der Waals surface area (Å²) < 4.78 is 5.04. The molecule has 0 aliphatic heterocycles. The number of carbonyl (C=O) groups excluding carboxylic acids is 2. The van der Waals surface area contributed by atoms with Crippen molar-refractivity contribution in [1.82, 2.24) is 0 Å². The standard InChI is InChI=1S/C20H18N2O3S/c23-19(12-14-26-17-5-2-1-3-6-17)21-15-8-10-16(11-9-15)22-20(24)18-7-4-13-25-18/h1-11,13H,12,14H2,(H,21,23)(H,22,24). The molecule has 0 saturated carbocycles. The monoisotopic (exact) mass is 366 g/mol. The third-order valence-electron chi connectivity index (χ3n) is 3.51. The maximum atomic E-state index is 12.0. The van der Waals surface area contributed by atoms with E-state index >= 15 is 0 Å². The summed E-state index contributed by atoms with van der Waals surface area (Å²) in [6.45, 7) is 0. The Hall–Kier alpha value is -2.99. The summed E-state index contributed by atoms with van der Waals surface area (Å²) in [5.74, 6) is 0.608. The molecule has 2 N–H and O–H groups in total. The second-order valence-corrected chi connectivity index (χ2v) is 6.64.